The third kappa shape index (κ3) is 2.71. The fraction of sp³-hybridized carbons (Fsp3) is 0.263. The molecular formula is C19H19NO2. The highest BCUT2D eigenvalue weighted by Gasteiger charge is 2.29. The highest BCUT2D eigenvalue weighted by Crippen LogP contribution is 2.30. The number of morpholine rings is 1. The summed E-state index contributed by atoms with van der Waals surface area (Å²) >= 11 is 0. The van der Waals surface area contributed by atoms with Crippen LogP contribution in [0.2, 0.25) is 0 Å². The number of aliphatic hydroxyl groups is 1. The Balaban J connectivity index is 1.89. The zero-order valence-electron chi connectivity index (χ0n) is 12.4. The Morgan fingerprint density at radius 3 is 2.14 bits per heavy atom. The van der Waals surface area contributed by atoms with Crippen molar-refractivity contribution in [1.82, 2.24) is 0 Å². The molecule has 2 aromatic carbocycles. The van der Waals surface area contributed by atoms with Gasteiger partial charge in [0.05, 0.1) is 13.2 Å². The first-order valence-electron chi connectivity index (χ1n) is 7.43. The van der Waals surface area contributed by atoms with Crippen molar-refractivity contribution in [3.05, 3.63) is 65.7 Å². The van der Waals surface area contributed by atoms with E-state index in [1.165, 1.54) is 0 Å². The predicted octanol–water partition coefficient (Wildman–Crippen LogP) is 2.39. The Morgan fingerprint density at radius 2 is 1.55 bits per heavy atom. The molecule has 0 amide bonds. The lowest BCUT2D eigenvalue weighted by molar-refractivity contribution is 0.122. The Hall–Kier alpha value is -2.28. The normalized spacial score (nSPS) is 17.5. The maximum Gasteiger partial charge on any atom is 0.176 e. The molecule has 3 rings (SSSR count). The first-order chi connectivity index (χ1) is 10.7. The topological polar surface area (TPSA) is 32.7 Å². The smallest absolute Gasteiger partial charge is 0.176 e. The van der Waals surface area contributed by atoms with Crippen LogP contribution in [0.3, 0.4) is 0 Å². The largest absolute Gasteiger partial charge is 0.378 e. The van der Waals surface area contributed by atoms with Crippen LogP contribution in [-0.2, 0) is 10.3 Å². The summed E-state index contributed by atoms with van der Waals surface area (Å²) in [6, 6.07) is 17.2. The summed E-state index contributed by atoms with van der Waals surface area (Å²) in [5.41, 5.74) is 1.14. The highest BCUT2D eigenvalue weighted by atomic mass is 16.5. The molecule has 22 heavy (non-hydrogen) atoms. The minimum Gasteiger partial charge on any atom is -0.378 e. The number of rotatable bonds is 3. The number of anilines is 1. The summed E-state index contributed by atoms with van der Waals surface area (Å²) in [6.07, 6.45) is 5.62. The molecule has 1 fully saturated rings. The molecule has 0 aromatic heterocycles. The van der Waals surface area contributed by atoms with Crippen LogP contribution in [0.5, 0.6) is 0 Å². The Labute approximate surface area is 131 Å². The van der Waals surface area contributed by atoms with Crippen LogP contribution in [0.4, 0.5) is 5.69 Å². The van der Waals surface area contributed by atoms with Gasteiger partial charge in [-0.3, -0.25) is 0 Å². The molecule has 0 bridgehead atoms. The molecule has 1 saturated heterocycles. The lowest BCUT2D eigenvalue weighted by Crippen LogP contribution is -2.36. The van der Waals surface area contributed by atoms with Crippen molar-refractivity contribution in [1.29, 1.82) is 0 Å². The van der Waals surface area contributed by atoms with Crippen LogP contribution in [0, 0.1) is 12.3 Å². The van der Waals surface area contributed by atoms with Gasteiger partial charge in [0, 0.05) is 29.9 Å². The molecule has 0 aliphatic carbocycles. The van der Waals surface area contributed by atoms with E-state index < -0.39 is 5.60 Å². The minimum atomic E-state index is -1.40. The zero-order valence-corrected chi connectivity index (χ0v) is 12.4. The van der Waals surface area contributed by atoms with Gasteiger partial charge in [0.1, 0.15) is 0 Å². The average molecular weight is 293 g/mol. The standard InChI is InChI=1S/C19H19NO2/c1-2-19(21,16-6-4-3-5-7-16)17-8-10-18(11-9-17)20-12-14-22-15-13-20/h1,3-11,21H,12-15H2. The zero-order chi connectivity index (χ0) is 15.4. The quantitative estimate of drug-likeness (QED) is 0.882. The molecule has 112 valence electrons. The molecule has 2 aromatic rings. The van der Waals surface area contributed by atoms with E-state index in [1.807, 2.05) is 54.6 Å². The lowest BCUT2D eigenvalue weighted by Gasteiger charge is -2.30. The molecule has 3 nitrogen and oxygen atoms in total. The van der Waals surface area contributed by atoms with Crippen LogP contribution >= 0.6 is 0 Å². The number of ether oxygens (including phenoxy) is 1. The van der Waals surface area contributed by atoms with Gasteiger partial charge < -0.3 is 14.7 Å². The van der Waals surface area contributed by atoms with E-state index in [-0.39, 0.29) is 0 Å². The van der Waals surface area contributed by atoms with Crippen molar-refractivity contribution in [2.75, 3.05) is 31.2 Å². The van der Waals surface area contributed by atoms with E-state index in [0.717, 1.165) is 32.0 Å². The minimum absolute atomic E-state index is 0.705. The molecule has 0 spiro atoms. The van der Waals surface area contributed by atoms with Gasteiger partial charge in [-0.2, -0.15) is 0 Å². The first kappa shape index (κ1) is 14.6. The van der Waals surface area contributed by atoms with Crippen molar-refractivity contribution in [3.63, 3.8) is 0 Å². The predicted molar refractivity (Wildman–Crippen MR) is 87.7 cm³/mol. The second-order valence-corrected chi connectivity index (χ2v) is 5.37. The Morgan fingerprint density at radius 1 is 0.955 bits per heavy atom. The maximum atomic E-state index is 10.9. The van der Waals surface area contributed by atoms with Crippen molar-refractivity contribution in [2.24, 2.45) is 0 Å². The van der Waals surface area contributed by atoms with E-state index in [4.69, 9.17) is 11.2 Å². The van der Waals surface area contributed by atoms with Crippen LogP contribution in [0.15, 0.2) is 54.6 Å². The van der Waals surface area contributed by atoms with Crippen molar-refractivity contribution >= 4 is 5.69 Å². The number of terminal acetylenes is 1. The summed E-state index contributed by atoms with van der Waals surface area (Å²) in [6.45, 7) is 3.27. The third-order valence-corrected chi connectivity index (χ3v) is 4.06. The van der Waals surface area contributed by atoms with E-state index in [9.17, 15) is 5.11 Å². The van der Waals surface area contributed by atoms with Gasteiger partial charge in [-0.05, 0) is 12.1 Å². The molecule has 1 unspecified atom stereocenters. The van der Waals surface area contributed by atoms with Gasteiger partial charge in [-0.15, -0.1) is 6.42 Å². The monoisotopic (exact) mass is 293 g/mol. The van der Waals surface area contributed by atoms with E-state index in [2.05, 4.69) is 10.8 Å². The molecule has 0 radical (unpaired) electrons. The first-order valence-corrected chi connectivity index (χ1v) is 7.43. The second kappa shape index (κ2) is 6.23. The molecule has 1 aliphatic rings. The Kier molecular flexibility index (Phi) is 4.15. The van der Waals surface area contributed by atoms with Crippen molar-refractivity contribution in [3.8, 4) is 12.3 Å². The van der Waals surface area contributed by atoms with Crippen LogP contribution in [0.25, 0.3) is 0 Å². The van der Waals surface area contributed by atoms with Gasteiger partial charge in [0.25, 0.3) is 0 Å². The summed E-state index contributed by atoms with van der Waals surface area (Å²) in [5, 5.41) is 10.9. The molecule has 0 saturated carbocycles. The fourth-order valence-electron chi connectivity index (χ4n) is 2.75. The van der Waals surface area contributed by atoms with Gasteiger partial charge in [-0.1, -0.05) is 48.4 Å². The van der Waals surface area contributed by atoms with Crippen molar-refractivity contribution in [2.45, 2.75) is 5.60 Å². The van der Waals surface area contributed by atoms with Gasteiger partial charge >= 0.3 is 0 Å². The third-order valence-electron chi connectivity index (χ3n) is 4.06. The summed E-state index contributed by atoms with van der Waals surface area (Å²) < 4.78 is 5.37. The summed E-state index contributed by atoms with van der Waals surface area (Å²) in [4.78, 5) is 2.27. The maximum absolute atomic E-state index is 10.9. The van der Waals surface area contributed by atoms with E-state index >= 15 is 0 Å². The molecule has 1 N–H and O–H groups in total. The van der Waals surface area contributed by atoms with Gasteiger partial charge in [0.15, 0.2) is 5.60 Å². The molecule has 1 heterocycles. The Bertz CT molecular complexity index is 654. The van der Waals surface area contributed by atoms with Crippen LogP contribution in [0.1, 0.15) is 11.1 Å². The average Bonchev–Trinajstić information content (AvgIpc) is 2.63. The second-order valence-electron chi connectivity index (χ2n) is 5.37. The molecule has 3 heteroatoms. The number of hydrogen-bond acceptors (Lipinski definition) is 3. The molecular weight excluding hydrogens is 274 g/mol. The van der Waals surface area contributed by atoms with Gasteiger partial charge in [0.2, 0.25) is 0 Å². The molecule has 1 atom stereocenters. The van der Waals surface area contributed by atoms with E-state index in [1.54, 1.807) is 0 Å². The number of hydrogen-bond donors (Lipinski definition) is 1. The lowest BCUT2D eigenvalue weighted by atomic mass is 9.87. The van der Waals surface area contributed by atoms with Crippen LogP contribution in [-0.4, -0.2) is 31.4 Å². The number of nitrogens with zero attached hydrogens (tertiary/aromatic N) is 1. The SMILES string of the molecule is C#CC(O)(c1ccccc1)c1ccc(N2CCOCC2)cc1. The van der Waals surface area contributed by atoms with E-state index in [0.29, 0.717) is 11.1 Å². The van der Waals surface area contributed by atoms with Gasteiger partial charge in [-0.25, -0.2) is 0 Å². The highest BCUT2D eigenvalue weighted by molar-refractivity contribution is 5.52. The number of benzene rings is 2. The summed E-state index contributed by atoms with van der Waals surface area (Å²) in [5.74, 6) is 2.53. The molecule has 1 aliphatic heterocycles. The summed E-state index contributed by atoms with van der Waals surface area (Å²) in [7, 11) is 0. The fourth-order valence-corrected chi connectivity index (χ4v) is 2.75. The van der Waals surface area contributed by atoms with Crippen LogP contribution < -0.4 is 4.90 Å². The van der Waals surface area contributed by atoms with Crippen molar-refractivity contribution < 1.29 is 9.84 Å².